The Hall–Kier alpha value is -0.400. The van der Waals surface area contributed by atoms with Gasteiger partial charge >= 0.3 is 0 Å². The average Bonchev–Trinajstić information content (AvgIpc) is 1.96. The van der Waals surface area contributed by atoms with Crippen LogP contribution in [-0.2, 0) is 0 Å². The molecule has 0 saturated heterocycles. The maximum absolute atomic E-state index is 12.7. The molecule has 66 valence electrons. The summed E-state index contributed by atoms with van der Waals surface area (Å²) in [6.07, 6.45) is -3.02. The molecule has 0 N–H and O–H groups in total. The molecule has 0 aromatic carbocycles. The van der Waals surface area contributed by atoms with Crippen LogP contribution in [0.3, 0.4) is 0 Å². The molecule has 0 saturated carbocycles. The smallest absolute Gasteiger partial charge is 0.211 e. The van der Waals surface area contributed by atoms with Crippen LogP contribution in [0, 0.1) is 15.5 Å². The summed E-state index contributed by atoms with van der Waals surface area (Å²) in [7, 11) is 0. The summed E-state index contributed by atoms with van der Waals surface area (Å²) in [6.45, 7) is 0. The van der Waals surface area contributed by atoms with Crippen molar-refractivity contribution in [2.45, 2.75) is 6.43 Å². The van der Waals surface area contributed by atoms with Crippen molar-refractivity contribution < 1.29 is 17.6 Å². The van der Waals surface area contributed by atoms with Crippen LogP contribution in [0.25, 0.3) is 0 Å². The molecule has 1 rings (SSSR count). The highest BCUT2D eigenvalue weighted by atomic mass is 127. The summed E-state index contributed by atoms with van der Waals surface area (Å²) in [5.74, 6) is -2.26. The minimum absolute atomic E-state index is 0.386. The average molecular weight is 291 g/mol. The van der Waals surface area contributed by atoms with Gasteiger partial charge in [-0.25, -0.2) is 18.2 Å². The minimum Gasteiger partial charge on any atom is -0.211 e. The highest BCUT2D eigenvalue weighted by molar-refractivity contribution is 14.1. The molecule has 0 bridgehead atoms. The van der Waals surface area contributed by atoms with E-state index in [2.05, 4.69) is 4.98 Å². The van der Waals surface area contributed by atoms with Crippen molar-refractivity contribution in [3.63, 3.8) is 0 Å². The molecule has 0 amide bonds. The van der Waals surface area contributed by atoms with Crippen molar-refractivity contribution in [1.29, 1.82) is 0 Å². The molecule has 12 heavy (non-hydrogen) atoms. The summed E-state index contributed by atoms with van der Waals surface area (Å²) in [4.78, 5) is 3.03. The van der Waals surface area contributed by atoms with Gasteiger partial charge in [-0.15, -0.1) is 0 Å². The summed E-state index contributed by atoms with van der Waals surface area (Å²) in [5, 5.41) is 0. The van der Waals surface area contributed by atoms with Crippen molar-refractivity contribution in [3.8, 4) is 0 Å². The van der Waals surface area contributed by atoms with E-state index >= 15 is 0 Å². The molecule has 1 aromatic rings. The molecule has 0 aliphatic rings. The van der Waals surface area contributed by atoms with Gasteiger partial charge in [0, 0.05) is 6.07 Å². The molecule has 0 spiro atoms. The minimum atomic E-state index is -3.02. The van der Waals surface area contributed by atoms with Gasteiger partial charge in [0.25, 0.3) is 6.43 Å². The van der Waals surface area contributed by atoms with E-state index < -0.39 is 23.8 Å². The number of hydrogen-bond donors (Lipinski definition) is 0. The molecule has 0 unspecified atom stereocenters. The molecule has 0 aliphatic heterocycles. The second-order valence-corrected chi connectivity index (χ2v) is 2.96. The van der Waals surface area contributed by atoms with Crippen LogP contribution in [0.15, 0.2) is 6.07 Å². The molecule has 6 heteroatoms. The Balaban J connectivity index is 3.28. The van der Waals surface area contributed by atoms with Crippen LogP contribution in [0.2, 0.25) is 0 Å². The quantitative estimate of drug-likeness (QED) is 0.440. The van der Waals surface area contributed by atoms with E-state index in [1.54, 1.807) is 0 Å². The first-order valence-electron chi connectivity index (χ1n) is 2.82. The Labute approximate surface area is 78.9 Å². The van der Waals surface area contributed by atoms with E-state index in [9.17, 15) is 17.6 Å². The van der Waals surface area contributed by atoms with Gasteiger partial charge in [0.2, 0.25) is 5.95 Å². The third-order valence-corrected chi connectivity index (χ3v) is 1.86. The standard InChI is InChI=1S/C6H2F4IN/c7-3-1-2(5(9)10)4(8)6(11)12-3/h1,5H. The van der Waals surface area contributed by atoms with E-state index in [1.807, 2.05) is 0 Å². The summed E-state index contributed by atoms with van der Waals surface area (Å²) in [6, 6.07) is 0.391. The third-order valence-electron chi connectivity index (χ3n) is 1.15. The molecular formula is C6H2F4IN. The number of rotatable bonds is 1. The maximum Gasteiger partial charge on any atom is 0.266 e. The van der Waals surface area contributed by atoms with E-state index in [-0.39, 0.29) is 3.70 Å². The Morgan fingerprint density at radius 1 is 1.33 bits per heavy atom. The molecule has 0 radical (unpaired) electrons. The van der Waals surface area contributed by atoms with Crippen molar-refractivity contribution in [3.05, 3.63) is 27.1 Å². The van der Waals surface area contributed by atoms with Gasteiger partial charge in [-0.05, 0) is 22.6 Å². The zero-order valence-corrected chi connectivity index (χ0v) is 7.65. The number of aromatic nitrogens is 1. The Morgan fingerprint density at radius 3 is 2.42 bits per heavy atom. The van der Waals surface area contributed by atoms with Crippen molar-refractivity contribution in [2.75, 3.05) is 0 Å². The van der Waals surface area contributed by atoms with Gasteiger partial charge in [0.1, 0.15) is 3.70 Å². The second-order valence-electron chi connectivity index (χ2n) is 1.94. The second kappa shape index (κ2) is 3.55. The van der Waals surface area contributed by atoms with Crippen molar-refractivity contribution >= 4 is 22.6 Å². The van der Waals surface area contributed by atoms with Gasteiger partial charge in [-0.3, -0.25) is 0 Å². The summed E-state index contributed by atoms with van der Waals surface area (Å²) < 4.78 is 48.6. The van der Waals surface area contributed by atoms with E-state index in [0.717, 1.165) is 0 Å². The largest absolute Gasteiger partial charge is 0.266 e. The Bertz CT molecular complexity index is 302. The highest BCUT2D eigenvalue weighted by Gasteiger charge is 2.18. The van der Waals surface area contributed by atoms with Crippen molar-refractivity contribution in [1.82, 2.24) is 4.98 Å². The van der Waals surface area contributed by atoms with Crippen LogP contribution in [0.1, 0.15) is 12.0 Å². The summed E-state index contributed by atoms with van der Waals surface area (Å²) in [5.41, 5.74) is -0.952. The summed E-state index contributed by atoms with van der Waals surface area (Å²) >= 11 is 1.35. The van der Waals surface area contributed by atoms with Crippen LogP contribution in [0.5, 0.6) is 0 Å². The maximum atomic E-state index is 12.7. The molecular weight excluding hydrogens is 289 g/mol. The highest BCUT2D eigenvalue weighted by Crippen LogP contribution is 2.24. The molecule has 1 aromatic heterocycles. The Morgan fingerprint density at radius 2 is 1.92 bits per heavy atom. The monoisotopic (exact) mass is 291 g/mol. The first-order chi connectivity index (χ1) is 5.52. The predicted octanol–water partition coefficient (Wildman–Crippen LogP) is 2.90. The number of nitrogens with zero attached hydrogens (tertiary/aromatic N) is 1. The fraction of sp³-hybridized carbons (Fsp3) is 0.167. The molecule has 0 atom stereocenters. The number of halogens is 5. The first-order valence-corrected chi connectivity index (χ1v) is 3.90. The zero-order chi connectivity index (χ0) is 9.30. The van der Waals surface area contributed by atoms with Crippen LogP contribution >= 0.6 is 22.6 Å². The lowest BCUT2D eigenvalue weighted by Gasteiger charge is -2.02. The number of pyridine rings is 1. The fourth-order valence-corrected chi connectivity index (χ4v) is 1.19. The third kappa shape index (κ3) is 1.85. The van der Waals surface area contributed by atoms with Gasteiger partial charge in [0.05, 0.1) is 5.56 Å². The first kappa shape index (κ1) is 9.69. The van der Waals surface area contributed by atoms with Crippen LogP contribution in [0.4, 0.5) is 17.6 Å². The van der Waals surface area contributed by atoms with Crippen LogP contribution < -0.4 is 0 Å². The SMILES string of the molecule is Fc1cc(C(F)F)c(F)c(I)n1. The number of hydrogen-bond acceptors (Lipinski definition) is 1. The van der Waals surface area contributed by atoms with E-state index in [1.165, 1.54) is 22.6 Å². The topological polar surface area (TPSA) is 12.9 Å². The molecule has 1 nitrogen and oxygen atoms in total. The Kier molecular flexibility index (Phi) is 2.86. The molecule has 1 heterocycles. The lowest BCUT2D eigenvalue weighted by Crippen LogP contribution is -1.99. The lowest BCUT2D eigenvalue weighted by atomic mass is 10.3. The van der Waals surface area contributed by atoms with Gasteiger partial charge in [0.15, 0.2) is 5.82 Å². The van der Waals surface area contributed by atoms with E-state index in [4.69, 9.17) is 0 Å². The van der Waals surface area contributed by atoms with E-state index in [0.29, 0.717) is 6.07 Å². The fourth-order valence-electron chi connectivity index (χ4n) is 0.645. The molecule has 0 fully saturated rings. The zero-order valence-electron chi connectivity index (χ0n) is 5.49. The molecule has 0 aliphatic carbocycles. The van der Waals surface area contributed by atoms with Crippen molar-refractivity contribution in [2.24, 2.45) is 0 Å². The normalized spacial score (nSPS) is 10.8. The lowest BCUT2D eigenvalue weighted by molar-refractivity contribution is 0.145. The number of alkyl halides is 2. The predicted molar refractivity (Wildman–Crippen MR) is 41.8 cm³/mol. The van der Waals surface area contributed by atoms with Gasteiger partial charge < -0.3 is 0 Å². The van der Waals surface area contributed by atoms with Gasteiger partial charge in [-0.1, -0.05) is 0 Å². The van der Waals surface area contributed by atoms with Crippen LogP contribution in [-0.4, -0.2) is 4.98 Å². The van der Waals surface area contributed by atoms with Gasteiger partial charge in [-0.2, -0.15) is 4.39 Å².